The van der Waals surface area contributed by atoms with E-state index in [1.165, 1.54) is 138 Å². The van der Waals surface area contributed by atoms with Crippen molar-refractivity contribution in [2.75, 3.05) is 0 Å². The van der Waals surface area contributed by atoms with Crippen LogP contribution in [0.4, 0.5) is 0 Å². The second-order valence-electron chi connectivity index (χ2n) is 16.1. The zero-order valence-electron chi connectivity index (χ0n) is 33.2. The van der Waals surface area contributed by atoms with E-state index >= 15 is 0 Å². The fourth-order valence-electron chi connectivity index (χ4n) is 9.55. The fraction of sp³-hybridized carbons (Fsp3) is 0.358. The summed E-state index contributed by atoms with van der Waals surface area (Å²) in [6, 6.07) is 39.9. The van der Waals surface area contributed by atoms with Gasteiger partial charge >= 0.3 is 0 Å². The Morgan fingerprint density at radius 2 is 0.982 bits per heavy atom. The Hall–Kier alpha value is -4.82. The largest absolute Gasteiger partial charge is 0.298 e. The monoisotopic (exact) mass is 726 g/mol. The summed E-state index contributed by atoms with van der Waals surface area (Å²) in [5, 5.41) is 0. The van der Waals surface area contributed by atoms with Crippen molar-refractivity contribution in [1.82, 2.24) is 0 Å². The molecule has 5 aromatic rings. The van der Waals surface area contributed by atoms with Crippen molar-refractivity contribution in [3.05, 3.63) is 159 Å². The molecular weight excluding hydrogens is 669 g/mol. The van der Waals surface area contributed by atoms with E-state index in [2.05, 4.69) is 98.8 Å². The normalized spacial score (nSPS) is 13.2. The first-order chi connectivity index (χ1) is 27.1. The summed E-state index contributed by atoms with van der Waals surface area (Å²) in [6.45, 7) is 4.61. The van der Waals surface area contributed by atoms with E-state index in [1.807, 2.05) is 24.3 Å². The van der Waals surface area contributed by atoms with Gasteiger partial charge in [0.25, 0.3) is 0 Å². The molecular formula is C53H58O2. The second kappa shape index (κ2) is 18.2. The van der Waals surface area contributed by atoms with Crippen molar-refractivity contribution >= 4 is 18.1 Å². The molecule has 7 rings (SSSR count). The molecule has 0 heterocycles. The first-order valence-electron chi connectivity index (χ1n) is 21.3. The summed E-state index contributed by atoms with van der Waals surface area (Å²) in [4.78, 5) is 22.9. The van der Waals surface area contributed by atoms with Crippen LogP contribution in [0.3, 0.4) is 0 Å². The summed E-state index contributed by atoms with van der Waals surface area (Å²) in [5.74, 6) is 0. The SMILES string of the molecule is CCCCCCCC(CCCCCCC)=C1c2ccccc2-c2cc3c(cc21)-c1ccccc1C3(CCc1ccc(C=O)cc1)CCc1ccc(C=O)cc1. The van der Waals surface area contributed by atoms with Gasteiger partial charge in [0.1, 0.15) is 12.6 Å². The average molecular weight is 727 g/mol. The van der Waals surface area contributed by atoms with Gasteiger partial charge in [-0.2, -0.15) is 0 Å². The van der Waals surface area contributed by atoms with Gasteiger partial charge in [-0.1, -0.05) is 168 Å². The van der Waals surface area contributed by atoms with Gasteiger partial charge in [-0.05, 0) is 125 Å². The van der Waals surface area contributed by atoms with Gasteiger partial charge in [-0.15, -0.1) is 0 Å². The van der Waals surface area contributed by atoms with Crippen LogP contribution in [0.2, 0.25) is 0 Å². The van der Waals surface area contributed by atoms with Crippen LogP contribution < -0.4 is 0 Å². The van der Waals surface area contributed by atoms with Crippen LogP contribution in [0.1, 0.15) is 158 Å². The summed E-state index contributed by atoms with van der Waals surface area (Å²) >= 11 is 0. The van der Waals surface area contributed by atoms with E-state index in [9.17, 15) is 9.59 Å². The van der Waals surface area contributed by atoms with Crippen molar-refractivity contribution in [2.45, 2.75) is 122 Å². The molecule has 2 nitrogen and oxygen atoms in total. The molecule has 0 radical (unpaired) electrons. The summed E-state index contributed by atoms with van der Waals surface area (Å²) in [7, 11) is 0. The molecule has 5 aromatic carbocycles. The minimum atomic E-state index is -0.198. The van der Waals surface area contributed by atoms with Crippen LogP contribution in [-0.2, 0) is 18.3 Å². The number of hydrogen-bond donors (Lipinski definition) is 0. The maximum atomic E-state index is 11.5. The number of benzene rings is 5. The molecule has 2 heteroatoms. The third-order valence-electron chi connectivity index (χ3n) is 12.6. The predicted octanol–water partition coefficient (Wildman–Crippen LogP) is 14.3. The molecule has 2 aliphatic rings. The predicted molar refractivity (Wildman–Crippen MR) is 231 cm³/mol. The van der Waals surface area contributed by atoms with Gasteiger partial charge < -0.3 is 0 Å². The van der Waals surface area contributed by atoms with Gasteiger partial charge in [0.05, 0.1) is 0 Å². The molecule has 282 valence electrons. The van der Waals surface area contributed by atoms with Crippen molar-refractivity contribution in [2.24, 2.45) is 0 Å². The first kappa shape index (κ1) is 38.5. The standard InChI is InChI=1S/C53H58O2/c1-3-5-7-9-11-17-43(18-12-10-8-6-4-2)52-46-21-14-13-19-44(46)47-36-51-48(35-49(47)52)45-20-15-16-22-50(45)53(51,33-31-39-23-27-41(37-54)28-24-39)34-32-40-25-29-42(38-55)30-26-40/h13-16,19-30,35-38H,3-12,17-18,31-34H2,1-2H3. The van der Waals surface area contributed by atoms with E-state index in [0.29, 0.717) is 11.1 Å². The minimum absolute atomic E-state index is 0.198. The second-order valence-corrected chi connectivity index (χ2v) is 16.1. The van der Waals surface area contributed by atoms with Gasteiger partial charge in [0.15, 0.2) is 0 Å². The molecule has 0 aliphatic heterocycles. The topological polar surface area (TPSA) is 34.1 Å². The molecule has 0 aromatic heterocycles. The molecule has 0 atom stereocenters. The lowest BCUT2D eigenvalue weighted by molar-refractivity contribution is 0.111. The molecule has 0 bridgehead atoms. The van der Waals surface area contributed by atoms with Crippen molar-refractivity contribution in [3.63, 3.8) is 0 Å². The number of hydrogen-bond acceptors (Lipinski definition) is 2. The molecule has 0 amide bonds. The zero-order valence-corrected chi connectivity index (χ0v) is 33.2. The Morgan fingerprint density at radius 1 is 0.473 bits per heavy atom. The van der Waals surface area contributed by atoms with Gasteiger partial charge in [0.2, 0.25) is 0 Å². The molecule has 0 saturated heterocycles. The van der Waals surface area contributed by atoms with E-state index in [4.69, 9.17) is 0 Å². The first-order valence-corrected chi connectivity index (χ1v) is 21.3. The highest BCUT2D eigenvalue weighted by atomic mass is 16.1. The number of unbranched alkanes of at least 4 members (excludes halogenated alkanes) is 8. The summed E-state index contributed by atoms with van der Waals surface area (Å²) < 4.78 is 0. The number of rotatable bonds is 20. The fourth-order valence-corrected chi connectivity index (χ4v) is 9.55. The van der Waals surface area contributed by atoms with Crippen LogP contribution in [0.5, 0.6) is 0 Å². The zero-order chi connectivity index (χ0) is 38.0. The van der Waals surface area contributed by atoms with Gasteiger partial charge in [-0.25, -0.2) is 0 Å². The summed E-state index contributed by atoms with van der Waals surface area (Å²) in [6.07, 6.45) is 21.0. The van der Waals surface area contributed by atoms with E-state index in [-0.39, 0.29) is 5.41 Å². The highest BCUT2D eigenvalue weighted by molar-refractivity contribution is 6.04. The van der Waals surface area contributed by atoms with Crippen molar-refractivity contribution < 1.29 is 9.59 Å². The Morgan fingerprint density at radius 3 is 1.53 bits per heavy atom. The van der Waals surface area contributed by atoms with Crippen LogP contribution >= 0.6 is 0 Å². The van der Waals surface area contributed by atoms with Gasteiger partial charge in [0, 0.05) is 16.5 Å². The summed E-state index contributed by atoms with van der Waals surface area (Å²) in [5.41, 5.74) is 18.2. The highest BCUT2D eigenvalue weighted by Gasteiger charge is 2.44. The molecule has 0 unspecified atom stereocenters. The van der Waals surface area contributed by atoms with Crippen molar-refractivity contribution in [3.8, 4) is 22.3 Å². The Kier molecular flexibility index (Phi) is 12.7. The molecule has 0 spiro atoms. The molecule has 0 N–H and O–H groups in total. The smallest absolute Gasteiger partial charge is 0.150 e. The van der Waals surface area contributed by atoms with Crippen molar-refractivity contribution in [1.29, 1.82) is 0 Å². The lowest BCUT2D eigenvalue weighted by Crippen LogP contribution is -2.27. The maximum Gasteiger partial charge on any atom is 0.150 e. The number of carbonyl (C=O) groups is 2. The molecule has 2 aliphatic carbocycles. The Balaban J connectivity index is 1.35. The number of aldehydes is 2. The molecule has 55 heavy (non-hydrogen) atoms. The lowest BCUT2D eigenvalue weighted by atomic mass is 9.70. The minimum Gasteiger partial charge on any atom is -0.298 e. The third kappa shape index (κ3) is 8.25. The third-order valence-corrected chi connectivity index (χ3v) is 12.6. The molecule has 0 fully saturated rings. The van der Waals surface area contributed by atoms with Crippen LogP contribution in [-0.4, -0.2) is 12.6 Å². The van der Waals surface area contributed by atoms with Crippen LogP contribution in [0, 0.1) is 0 Å². The van der Waals surface area contributed by atoms with Gasteiger partial charge in [-0.3, -0.25) is 9.59 Å². The molecule has 0 saturated carbocycles. The van der Waals surface area contributed by atoms with E-state index in [1.54, 1.807) is 5.57 Å². The number of fused-ring (bicyclic) bond motifs is 6. The highest BCUT2D eigenvalue weighted by Crippen LogP contribution is 2.58. The average Bonchev–Trinajstić information content (AvgIpc) is 3.70. The maximum absolute atomic E-state index is 11.5. The number of aryl methyl sites for hydroxylation is 2. The number of carbonyl (C=O) groups excluding carboxylic acids is 2. The Labute approximate surface area is 330 Å². The lowest BCUT2D eigenvalue weighted by Gasteiger charge is -2.33. The van der Waals surface area contributed by atoms with E-state index in [0.717, 1.165) is 38.3 Å². The van der Waals surface area contributed by atoms with E-state index < -0.39 is 0 Å². The quantitative estimate of drug-likeness (QED) is 0.0580. The van der Waals surface area contributed by atoms with Crippen LogP contribution in [0.25, 0.3) is 27.8 Å². The van der Waals surface area contributed by atoms with Crippen LogP contribution in [0.15, 0.2) is 115 Å². The number of allylic oxidation sites excluding steroid dienone is 1. The Bertz CT molecular complexity index is 2040.